The number of hydrogen-bond donors (Lipinski definition) is 4. The van der Waals surface area contributed by atoms with Crippen LogP contribution in [0.1, 0.15) is 26.2 Å². The van der Waals surface area contributed by atoms with Crippen molar-refractivity contribution in [2.24, 2.45) is 16.8 Å². The Hall–Kier alpha value is -2.47. The number of nitrogens with one attached hydrogen (secondary N) is 3. The van der Waals surface area contributed by atoms with Crippen molar-refractivity contribution in [3.8, 4) is 0 Å². The fourth-order valence-electron chi connectivity index (χ4n) is 2.62. The molecule has 6 heteroatoms. The molecule has 1 saturated heterocycles. The van der Waals surface area contributed by atoms with Crippen molar-refractivity contribution < 1.29 is 4.74 Å². The zero-order chi connectivity index (χ0) is 17.9. The summed E-state index contributed by atoms with van der Waals surface area (Å²) in [6.07, 6.45) is 5.21. The van der Waals surface area contributed by atoms with Gasteiger partial charge in [-0.1, -0.05) is 24.8 Å². The smallest absolute Gasteiger partial charge is 0.235 e. The van der Waals surface area contributed by atoms with Gasteiger partial charge < -0.3 is 21.1 Å². The highest BCUT2D eigenvalue weighted by atomic mass is 16.5. The van der Waals surface area contributed by atoms with Gasteiger partial charge in [0, 0.05) is 11.8 Å². The maximum absolute atomic E-state index is 5.95. The molecule has 0 radical (unpaired) electrons. The first-order valence-corrected chi connectivity index (χ1v) is 8.75. The summed E-state index contributed by atoms with van der Waals surface area (Å²) in [5, 5.41) is 10.7. The number of hydrazone groups is 1. The van der Waals surface area contributed by atoms with Gasteiger partial charge in [-0.15, -0.1) is 5.10 Å². The number of benzene rings is 1. The molecule has 6 nitrogen and oxygen atoms in total. The van der Waals surface area contributed by atoms with Crippen LogP contribution in [0.3, 0.4) is 0 Å². The van der Waals surface area contributed by atoms with Gasteiger partial charge in [0.1, 0.15) is 0 Å². The molecule has 0 aromatic heterocycles. The van der Waals surface area contributed by atoms with Gasteiger partial charge >= 0.3 is 0 Å². The van der Waals surface area contributed by atoms with Gasteiger partial charge in [0.25, 0.3) is 0 Å². The number of anilines is 1. The highest BCUT2D eigenvalue weighted by molar-refractivity contribution is 5.93. The second kappa shape index (κ2) is 10.4. The van der Waals surface area contributed by atoms with Crippen molar-refractivity contribution in [1.82, 2.24) is 10.6 Å². The van der Waals surface area contributed by atoms with Crippen molar-refractivity contribution in [3.05, 3.63) is 54.5 Å². The Labute approximate surface area is 150 Å². The molecule has 0 aliphatic carbocycles. The zero-order valence-corrected chi connectivity index (χ0v) is 14.9. The molecule has 0 atom stereocenters. The second-order valence-corrected chi connectivity index (χ2v) is 6.22. The molecule has 0 saturated carbocycles. The van der Waals surface area contributed by atoms with Crippen LogP contribution in [0.2, 0.25) is 0 Å². The topological polar surface area (TPSA) is 83.7 Å². The quantitative estimate of drug-likeness (QED) is 0.331. The van der Waals surface area contributed by atoms with Gasteiger partial charge in [0.05, 0.1) is 18.1 Å². The van der Waals surface area contributed by atoms with E-state index in [1.807, 2.05) is 37.3 Å². The van der Waals surface area contributed by atoms with Gasteiger partial charge in [-0.25, -0.2) is 0 Å². The van der Waals surface area contributed by atoms with E-state index in [4.69, 9.17) is 10.5 Å². The molecule has 25 heavy (non-hydrogen) atoms. The van der Waals surface area contributed by atoms with E-state index in [-0.39, 0.29) is 0 Å². The SMILES string of the molecule is C=C(N)N/C=C(C)/C(=N\Nc1ccccc1)OCCC1CCNCC1. The summed E-state index contributed by atoms with van der Waals surface area (Å²) >= 11 is 0. The fraction of sp³-hybridized carbons (Fsp3) is 0.421. The maximum Gasteiger partial charge on any atom is 0.235 e. The molecule has 136 valence electrons. The Balaban J connectivity index is 1.95. The van der Waals surface area contributed by atoms with Crippen molar-refractivity contribution in [2.45, 2.75) is 26.2 Å². The van der Waals surface area contributed by atoms with E-state index in [9.17, 15) is 0 Å². The van der Waals surface area contributed by atoms with Crippen LogP contribution in [-0.2, 0) is 4.74 Å². The maximum atomic E-state index is 5.95. The van der Waals surface area contributed by atoms with Crippen molar-refractivity contribution in [2.75, 3.05) is 25.1 Å². The summed E-state index contributed by atoms with van der Waals surface area (Å²) in [7, 11) is 0. The molecular formula is C19H29N5O. The minimum Gasteiger partial charge on any atom is -0.476 e. The van der Waals surface area contributed by atoms with Crippen LogP contribution in [0.25, 0.3) is 0 Å². The molecule has 1 aliphatic heterocycles. The number of hydrogen-bond acceptors (Lipinski definition) is 6. The molecule has 1 aliphatic rings. The van der Waals surface area contributed by atoms with Crippen LogP contribution in [0, 0.1) is 5.92 Å². The largest absolute Gasteiger partial charge is 0.476 e. The second-order valence-electron chi connectivity index (χ2n) is 6.22. The Bertz CT molecular complexity index is 591. The number of rotatable bonds is 8. The summed E-state index contributed by atoms with van der Waals surface area (Å²) in [4.78, 5) is 0. The van der Waals surface area contributed by atoms with E-state index < -0.39 is 0 Å². The molecule has 1 aromatic carbocycles. The lowest BCUT2D eigenvalue weighted by Crippen LogP contribution is -2.28. The van der Waals surface area contributed by atoms with E-state index in [2.05, 4.69) is 27.7 Å². The highest BCUT2D eigenvalue weighted by Crippen LogP contribution is 2.16. The van der Waals surface area contributed by atoms with Crippen LogP contribution < -0.4 is 21.8 Å². The first-order chi connectivity index (χ1) is 12.1. The van der Waals surface area contributed by atoms with E-state index >= 15 is 0 Å². The molecule has 0 amide bonds. The standard InChI is InChI=1S/C19H29N5O/c1-15(14-22-16(2)20)19(24-23-18-6-4-3-5-7-18)25-13-10-17-8-11-21-12-9-17/h3-7,14,17,21-23H,2,8-13,20H2,1H3/b15-14+,24-19+. The third-order valence-electron chi connectivity index (χ3n) is 4.10. The molecule has 1 heterocycles. The number of ether oxygens (including phenoxy) is 1. The van der Waals surface area contributed by atoms with Crippen molar-refractivity contribution in [3.63, 3.8) is 0 Å². The van der Waals surface area contributed by atoms with Gasteiger partial charge in [-0.05, 0) is 57.3 Å². The minimum atomic E-state index is 0.379. The lowest BCUT2D eigenvalue weighted by molar-refractivity contribution is 0.243. The van der Waals surface area contributed by atoms with Crippen molar-refractivity contribution in [1.29, 1.82) is 0 Å². The van der Waals surface area contributed by atoms with Crippen LogP contribution in [0.4, 0.5) is 5.69 Å². The predicted octanol–water partition coefficient (Wildman–Crippen LogP) is 2.74. The van der Waals surface area contributed by atoms with Crippen LogP contribution >= 0.6 is 0 Å². The van der Waals surface area contributed by atoms with E-state index in [1.54, 1.807) is 6.20 Å². The first-order valence-electron chi connectivity index (χ1n) is 8.75. The summed E-state index contributed by atoms with van der Waals surface area (Å²) in [6, 6.07) is 9.79. The van der Waals surface area contributed by atoms with Crippen LogP contribution in [-0.4, -0.2) is 25.6 Å². The normalized spacial score (nSPS) is 16.4. The third-order valence-corrected chi connectivity index (χ3v) is 4.10. The lowest BCUT2D eigenvalue weighted by Gasteiger charge is -2.22. The average Bonchev–Trinajstić information content (AvgIpc) is 2.64. The van der Waals surface area contributed by atoms with Gasteiger partial charge in [-0.3, -0.25) is 5.43 Å². The highest BCUT2D eigenvalue weighted by Gasteiger charge is 2.13. The summed E-state index contributed by atoms with van der Waals surface area (Å²) in [6.45, 7) is 8.39. The summed E-state index contributed by atoms with van der Waals surface area (Å²) in [5.41, 5.74) is 10.3. The third kappa shape index (κ3) is 7.30. The Morgan fingerprint density at radius 1 is 1.36 bits per heavy atom. The molecular weight excluding hydrogens is 314 g/mol. The van der Waals surface area contributed by atoms with Gasteiger partial charge in [0.15, 0.2) is 0 Å². The Morgan fingerprint density at radius 3 is 2.76 bits per heavy atom. The fourth-order valence-corrected chi connectivity index (χ4v) is 2.62. The molecule has 5 N–H and O–H groups in total. The van der Waals surface area contributed by atoms with E-state index in [0.717, 1.165) is 36.7 Å². The van der Waals surface area contributed by atoms with Crippen LogP contribution in [0.5, 0.6) is 0 Å². The number of nitrogens with two attached hydrogens (primary N) is 1. The first kappa shape index (κ1) is 18.9. The van der Waals surface area contributed by atoms with Crippen molar-refractivity contribution >= 4 is 11.6 Å². The van der Waals surface area contributed by atoms with E-state index in [1.165, 1.54) is 12.8 Å². The molecule has 0 spiro atoms. The number of nitrogens with zero attached hydrogens (tertiary/aromatic N) is 1. The number of para-hydroxylation sites is 1. The molecule has 1 fully saturated rings. The molecule has 0 bridgehead atoms. The average molecular weight is 343 g/mol. The van der Waals surface area contributed by atoms with Gasteiger partial charge in [0.2, 0.25) is 5.90 Å². The van der Waals surface area contributed by atoms with Gasteiger partial charge in [-0.2, -0.15) is 0 Å². The molecule has 2 rings (SSSR count). The summed E-state index contributed by atoms with van der Waals surface area (Å²) < 4.78 is 5.95. The van der Waals surface area contributed by atoms with Crippen LogP contribution in [0.15, 0.2) is 59.6 Å². The monoisotopic (exact) mass is 343 g/mol. The minimum absolute atomic E-state index is 0.379. The molecule has 1 aromatic rings. The molecule has 0 unspecified atom stereocenters. The Kier molecular flexibility index (Phi) is 7.85. The zero-order valence-electron chi connectivity index (χ0n) is 14.9. The van der Waals surface area contributed by atoms with E-state index in [0.29, 0.717) is 18.3 Å². The number of piperidine rings is 1. The summed E-state index contributed by atoms with van der Waals surface area (Å²) in [5.74, 6) is 1.65. The predicted molar refractivity (Wildman–Crippen MR) is 104 cm³/mol. The Morgan fingerprint density at radius 2 is 2.08 bits per heavy atom. The lowest BCUT2D eigenvalue weighted by atomic mass is 9.95.